The van der Waals surface area contributed by atoms with E-state index in [-0.39, 0.29) is 17.8 Å². The summed E-state index contributed by atoms with van der Waals surface area (Å²) < 4.78 is 5.01. The van der Waals surface area contributed by atoms with E-state index in [9.17, 15) is 9.59 Å². The van der Waals surface area contributed by atoms with Crippen LogP contribution in [-0.4, -0.2) is 70.3 Å². The molecule has 2 fully saturated rings. The molecule has 2 rings (SSSR count). The van der Waals surface area contributed by atoms with E-state index in [1.807, 2.05) is 0 Å². The van der Waals surface area contributed by atoms with Crippen molar-refractivity contribution in [3.8, 4) is 0 Å². The molecule has 2 aliphatic heterocycles. The fourth-order valence-electron chi connectivity index (χ4n) is 2.59. The molecule has 2 amide bonds. The first-order chi connectivity index (χ1) is 10.1. The summed E-state index contributed by atoms with van der Waals surface area (Å²) in [4.78, 5) is 27.5. The Morgan fingerprint density at radius 2 is 2.33 bits per heavy atom. The molecule has 0 spiro atoms. The maximum Gasteiger partial charge on any atom is 0.410 e. The van der Waals surface area contributed by atoms with Crippen molar-refractivity contribution in [2.45, 2.75) is 24.1 Å². The van der Waals surface area contributed by atoms with Crippen LogP contribution in [0.4, 0.5) is 4.79 Å². The molecule has 0 bridgehead atoms. The molecule has 21 heavy (non-hydrogen) atoms. The summed E-state index contributed by atoms with van der Waals surface area (Å²) >= 11 is 4.37. The standard InChI is InChI=1S/C13H19N3O4S/c1-2-5-20-13(18)16-8-10(21)6-11(16)12(17)15-4-3-9(7-15)14-19/h2,10-11,19,21H,1,3-8H2/t10-,11-/m0/s1. The zero-order chi connectivity index (χ0) is 15.4. The van der Waals surface area contributed by atoms with E-state index in [0.717, 1.165) is 0 Å². The summed E-state index contributed by atoms with van der Waals surface area (Å²) in [6.45, 7) is 4.78. The van der Waals surface area contributed by atoms with Crippen molar-refractivity contribution >= 4 is 30.3 Å². The van der Waals surface area contributed by atoms with Crippen molar-refractivity contribution in [2.75, 3.05) is 26.2 Å². The smallest absolute Gasteiger partial charge is 0.410 e. The molecule has 1 N–H and O–H groups in total. The van der Waals surface area contributed by atoms with Gasteiger partial charge in [-0.15, -0.1) is 0 Å². The Morgan fingerprint density at radius 1 is 1.57 bits per heavy atom. The first-order valence-electron chi connectivity index (χ1n) is 6.77. The highest BCUT2D eigenvalue weighted by molar-refractivity contribution is 7.81. The number of thiol groups is 1. The molecule has 8 heteroatoms. The molecule has 0 aliphatic carbocycles. The summed E-state index contributed by atoms with van der Waals surface area (Å²) in [5.41, 5.74) is 0.574. The van der Waals surface area contributed by atoms with Gasteiger partial charge >= 0.3 is 6.09 Å². The van der Waals surface area contributed by atoms with Gasteiger partial charge in [0.15, 0.2) is 0 Å². The first kappa shape index (κ1) is 15.7. The van der Waals surface area contributed by atoms with Crippen LogP contribution < -0.4 is 0 Å². The minimum absolute atomic E-state index is 0.0520. The molecule has 0 aromatic rings. The summed E-state index contributed by atoms with van der Waals surface area (Å²) in [5.74, 6) is -0.152. The van der Waals surface area contributed by atoms with E-state index >= 15 is 0 Å². The van der Waals surface area contributed by atoms with Crippen molar-refractivity contribution in [3.63, 3.8) is 0 Å². The maximum atomic E-state index is 12.5. The molecule has 0 aromatic heterocycles. The van der Waals surface area contributed by atoms with Crippen molar-refractivity contribution in [1.29, 1.82) is 0 Å². The van der Waals surface area contributed by atoms with E-state index in [1.165, 1.54) is 11.0 Å². The summed E-state index contributed by atoms with van der Waals surface area (Å²) in [7, 11) is 0. The van der Waals surface area contributed by atoms with Crippen LogP contribution in [0.3, 0.4) is 0 Å². The van der Waals surface area contributed by atoms with Gasteiger partial charge in [0.05, 0.1) is 12.3 Å². The van der Waals surface area contributed by atoms with Gasteiger partial charge in [-0.25, -0.2) is 4.79 Å². The summed E-state index contributed by atoms with van der Waals surface area (Å²) in [6.07, 6.45) is 2.00. The third-order valence-electron chi connectivity index (χ3n) is 3.62. The second kappa shape index (κ2) is 6.84. The van der Waals surface area contributed by atoms with Crippen LogP contribution in [-0.2, 0) is 9.53 Å². The quantitative estimate of drug-likeness (QED) is 0.348. The molecule has 2 saturated heterocycles. The zero-order valence-electron chi connectivity index (χ0n) is 11.6. The lowest BCUT2D eigenvalue weighted by molar-refractivity contribution is -0.134. The fourth-order valence-corrected chi connectivity index (χ4v) is 2.96. The molecular formula is C13H19N3O4S. The molecule has 0 aromatic carbocycles. The number of rotatable bonds is 3. The SMILES string of the molecule is C=CCOC(=O)N1C[C@@H](S)C[C@H]1C(=O)N1CCC(=NO)C1. The van der Waals surface area contributed by atoms with Gasteiger partial charge in [-0.2, -0.15) is 12.6 Å². The zero-order valence-corrected chi connectivity index (χ0v) is 12.5. The minimum Gasteiger partial charge on any atom is -0.445 e. The Morgan fingerprint density at radius 3 is 2.95 bits per heavy atom. The number of carbonyl (C=O) groups excluding carboxylic acids is 2. The molecule has 0 unspecified atom stereocenters. The molecule has 7 nitrogen and oxygen atoms in total. The van der Waals surface area contributed by atoms with Gasteiger partial charge in [0, 0.05) is 24.8 Å². The lowest BCUT2D eigenvalue weighted by atomic mass is 10.2. The number of ether oxygens (including phenoxy) is 1. The second-order valence-electron chi connectivity index (χ2n) is 5.10. The van der Waals surface area contributed by atoms with Gasteiger partial charge in [0.2, 0.25) is 5.91 Å². The second-order valence-corrected chi connectivity index (χ2v) is 5.83. The average molecular weight is 313 g/mol. The number of oxime groups is 1. The van der Waals surface area contributed by atoms with Gasteiger partial charge in [-0.3, -0.25) is 9.69 Å². The van der Waals surface area contributed by atoms with E-state index in [2.05, 4.69) is 24.4 Å². The van der Waals surface area contributed by atoms with E-state index < -0.39 is 12.1 Å². The third-order valence-corrected chi connectivity index (χ3v) is 3.99. The predicted molar refractivity (Wildman–Crippen MR) is 79.8 cm³/mol. The largest absolute Gasteiger partial charge is 0.445 e. The predicted octanol–water partition coefficient (Wildman–Crippen LogP) is 0.744. The van der Waals surface area contributed by atoms with E-state index in [1.54, 1.807) is 4.90 Å². The van der Waals surface area contributed by atoms with Gasteiger partial charge in [0.1, 0.15) is 12.6 Å². The molecule has 2 heterocycles. The number of amides is 2. The molecule has 0 radical (unpaired) electrons. The Hall–Kier alpha value is -1.70. The van der Waals surface area contributed by atoms with Crippen molar-refractivity contribution in [2.24, 2.45) is 5.16 Å². The summed E-state index contributed by atoms with van der Waals surface area (Å²) in [6, 6.07) is -0.567. The number of hydrogen-bond acceptors (Lipinski definition) is 6. The van der Waals surface area contributed by atoms with Crippen LogP contribution in [0.1, 0.15) is 12.8 Å². The Kier molecular flexibility index (Phi) is 5.11. The van der Waals surface area contributed by atoms with Gasteiger partial charge < -0.3 is 14.8 Å². The monoisotopic (exact) mass is 313 g/mol. The van der Waals surface area contributed by atoms with E-state index in [0.29, 0.717) is 38.2 Å². The van der Waals surface area contributed by atoms with Crippen LogP contribution in [0.2, 0.25) is 0 Å². The Bertz CT molecular complexity index is 468. The Labute approximate surface area is 128 Å². The lowest BCUT2D eigenvalue weighted by Gasteiger charge is -2.26. The third kappa shape index (κ3) is 3.49. The van der Waals surface area contributed by atoms with Crippen LogP contribution in [0.15, 0.2) is 17.8 Å². The van der Waals surface area contributed by atoms with Crippen LogP contribution in [0.5, 0.6) is 0 Å². The number of nitrogens with zero attached hydrogens (tertiary/aromatic N) is 3. The molecule has 2 atom stereocenters. The lowest BCUT2D eigenvalue weighted by Crippen LogP contribution is -2.47. The highest BCUT2D eigenvalue weighted by Gasteiger charge is 2.42. The Balaban J connectivity index is 2.03. The fraction of sp³-hybridized carbons (Fsp3) is 0.615. The average Bonchev–Trinajstić information content (AvgIpc) is 3.10. The van der Waals surface area contributed by atoms with Crippen LogP contribution in [0, 0.1) is 0 Å². The highest BCUT2D eigenvalue weighted by Crippen LogP contribution is 2.25. The van der Waals surface area contributed by atoms with Gasteiger partial charge in [0.25, 0.3) is 0 Å². The van der Waals surface area contributed by atoms with Crippen LogP contribution >= 0.6 is 12.6 Å². The van der Waals surface area contributed by atoms with Crippen molar-refractivity contribution < 1.29 is 19.5 Å². The molecule has 116 valence electrons. The number of carbonyl (C=O) groups is 2. The van der Waals surface area contributed by atoms with Gasteiger partial charge in [-0.1, -0.05) is 17.8 Å². The summed E-state index contributed by atoms with van der Waals surface area (Å²) in [5, 5.41) is 11.8. The van der Waals surface area contributed by atoms with Gasteiger partial charge in [-0.05, 0) is 6.42 Å². The van der Waals surface area contributed by atoms with Crippen molar-refractivity contribution in [1.82, 2.24) is 9.80 Å². The first-order valence-corrected chi connectivity index (χ1v) is 7.29. The maximum absolute atomic E-state index is 12.5. The number of hydrogen-bond donors (Lipinski definition) is 2. The topological polar surface area (TPSA) is 82.4 Å². The van der Waals surface area contributed by atoms with E-state index in [4.69, 9.17) is 9.94 Å². The number of likely N-dealkylation sites (tertiary alicyclic amines) is 2. The van der Waals surface area contributed by atoms with Crippen molar-refractivity contribution in [3.05, 3.63) is 12.7 Å². The normalized spacial score (nSPS) is 27.2. The highest BCUT2D eigenvalue weighted by atomic mass is 32.1. The van der Waals surface area contributed by atoms with Crippen LogP contribution in [0.25, 0.3) is 0 Å². The molecule has 2 aliphatic rings. The molecular weight excluding hydrogens is 294 g/mol. The molecule has 0 saturated carbocycles. The minimum atomic E-state index is -0.567.